The standard InChI is InChI=1S/C5H7BrN2/c1-3-5(6)4(2)8-7-3/h1-2H3,(H,7,8)/i1D3,2D3. The molecule has 44 valence electrons. The van der Waals surface area contributed by atoms with Crippen molar-refractivity contribution in [3.05, 3.63) is 15.9 Å². The number of rotatable bonds is 0. The second-order valence-corrected chi connectivity index (χ2v) is 2.05. The molecule has 0 spiro atoms. The number of nitrogens with zero attached hydrogens (tertiary/aromatic N) is 1. The molecule has 1 N–H and O–H groups in total. The zero-order chi connectivity index (χ0) is 11.1. The van der Waals surface area contributed by atoms with Crippen LogP contribution in [0.25, 0.3) is 0 Å². The summed E-state index contributed by atoms with van der Waals surface area (Å²) >= 11 is 2.91. The van der Waals surface area contributed by atoms with E-state index in [0.717, 1.165) is 0 Å². The second-order valence-electron chi connectivity index (χ2n) is 1.26. The molecule has 0 aliphatic carbocycles. The molecule has 1 heterocycles. The van der Waals surface area contributed by atoms with E-state index in [2.05, 4.69) is 26.1 Å². The van der Waals surface area contributed by atoms with Gasteiger partial charge in [-0.1, -0.05) is 0 Å². The summed E-state index contributed by atoms with van der Waals surface area (Å²) in [5.41, 5.74) is -0.452. The van der Waals surface area contributed by atoms with Crippen molar-refractivity contribution < 1.29 is 8.22 Å². The van der Waals surface area contributed by atoms with E-state index in [1.807, 2.05) is 0 Å². The summed E-state index contributed by atoms with van der Waals surface area (Å²) < 4.78 is 42.4. The van der Waals surface area contributed by atoms with E-state index in [4.69, 9.17) is 8.22 Å². The molecule has 0 saturated heterocycles. The Balaban J connectivity index is 3.23. The molecule has 0 fully saturated rings. The highest BCUT2D eigenvalue weighted by atomic mass is 79.9. The Morgan fingerprint density at radius 1 is 1.75 bits per heavy atom. The van der Waals surface area contributed by atoms with Crippen molar-refractivity contribution >= 4 is 15.9 Å². The van der Waals surface area contributed by atoms with Gasteiger partial charge in [0, 0.05) is 13.9 Å². The van der Waals surface area contributed by atoms with E-state index in [1.54, 1.807) is 0 Å². The van der Waals surface area contributed by atoms with Crippen molar-refractivity contribution in [2.24, 2.45) is 0 Å². The van der Waals surface area contributed by atoms with E-state index in [9.17, 15) is 0 Å². The highest BCUT2D eigenvalue weighted by Gasteiger charge is 1.98. The monoisotopic (exact) mass is 180 g/mol. The van der Waals surface area contributed by atoms with Crippen LogP contribution in [-0.2, 0) is 0 Å². The molecule has 8 heavy (non-hydrogen) atoms. The van der Waals surface area contributed by atoms with E-state index >= 15 is 0 Å². The van der Waals surface area contributed by atoms with Crippen LogP contribution in [0.4, 0.5) is 0 Å². The van der Waals surface area contributed by atoms with Gasteiger partial charge in [-0.25, -0.2) is 0 Å². The highest BCUT2D eigenvalue weighted by molar-refractivity contribution is 9.10. The fourth-order valence-corrected chi connectivity index (χ4v) is 0.506. The van der Waals surface area contributed by atoms with Crippen LogP contribution in [0, 0.1) is 13.7 Å². The summed E-state index contributed by atoms with van der Waals surface area (Å²) in [4.78, 5) is 0. The molecular weight excluding hydrogens is 168 g/mol. The van der Waals surface area contributed by atoms with Crippen molar-refractivity contribution in [3.63, 3.8) is 0 Å². The van der Waals surface area contributed by atoms with Gasteiger partial charge in [-0.2, -0.15) is 5.10 Å². The molecule has 0 amide bonds. The van der Waals surface area contributed by atoms with Crippen LogP contribution in [0.3, 0.4) is 0 Å². The minimum Gasteiger partial charge on any atom is -0.281 e. The minimum atomic E-state index is -2.42. The molecule has 2 nitrogen and oxygen atoms in total. The molecule has 0 radical (unpaired) electrons. The Morgan fingerprint density at radius 2 is 2.62 bits per heavy atom. The van der Waals surface area contributed by atoms with Crippen molar-refractivity contribution in [3.8, 4) is 0 Å². The first kappa shape index (κ1) is 1.84. The van der Waals surface area contributed by atoms with Gasteiger partial charge in [0.05, 0.1) is 10.2 Å². The number of H-pyrrole nitrogens is 1. The summed E-state index contributed by atoms with van der Waals surface area (Å²) in [5.74, 6) is 0. The van der Waals surface area contributed by atoms with Gasteiger partial charge in [0.25, 0.3) is 0 Å². The normalized spacial score (nSPS) is 24.1. The minimum absolute atomic E-state index is 0.00231. The first-order chi connectivity index (χ1) is 6.14. The van der Waals surface area contributed by atoms with Crippen LogP contribution < -0.4 is 0 Å². The van der Waals surface area contributed by atoms with E-state index < -0.39 is 13.7 Å². The first-order valence-corrected chi connectivity index (χ1v) is 2.68. The van der Waals surface area contributed by atoms with Crippen molar-refractivity contribution in [1.29, 1.82) is 0 Å². The highest BCUT2D eigenvalue weighted by Crippen LogP contribution is 2.15. The molecule has 0 aromatic carbocycles. The SMILES string of the molecule is [2H]C([2H])([2H])c1n[nH]c(C([2H])([2H])[2H])c1Br. The van der Waals surface area contributed by atoms with Gasteiger partial charge in [0.2, 0.25) is 0 Å². The number of halogens is 1. The van der Waals surface area contributed by atoms with Gasteiger partial charge in [0.1, 0.15) is 0 Å². The molecule has 1 aromatic heterocycles. The lowest BCUT2D eigenvalue weighted by molar-refractivity contribution is 1.02. The number of hydrogen-bond acceptors (Lipinski definition) is 1. The topological polar surface area (TPSA) is 28.7 Å². The molecule has 0 bridgehead atoms. The van der Waals surface area contributed by atoms with Crippen LogP contribution in [0.15, 0.2) is 4.47 Å². The van der Waals surface area contributed by atoms with E-state index in [-0.39, 0.29) is 15.9 Å². The number of aromatic amines is 1. The third kappa shape index (κ3) is 0.777. The summed E-state index contributed by atoms with van der Waals surface area (Å²) in [5, 5.41) is 5.66. The molecule has 1 aromatic rings. The second kappa shape index (κ2) is 1.90. The zero-order valence-corrected chi connectivity index (χ0v) is 5.41. The number of aryl methyl sites for hydroxylation is 2. The van der Waals surface area contributed by atoms with Crippen LogP contribution in [0.5, 0.6) is 0 Å². The molecule has 0 aliphatic heterocycles. The first-order valence-electron chi connectivity index (χ1n) is 4.89. The van der Waals surface area contributed by atoms with Crippen LogP contribution >= 0.6 is 15.9 Å². The fraction of sp³-hybridized carbons (Fsp3) is 0.400. The molecule has 0 atom stereocenters. The Morgan fingerprint density at radius 3 is 3.00 bits per heavy atom. The fourth-order valence-electron chi connectivity index (χ4n) is 0.328. The number of hydrogen-bond donors (Lipinski definition) is 1. The average Bonchev–Trinajstić information content (AvgIpc) is 2.26. The molecule has 3 heteroatoms. The van der Waals surface area contributed by atoms with Crippen molar-refractivity contribution in [2.75, 3.05) is 0 Å². The molecule has 0 aliphatic rings. The number of aromatic nitrogens is 2. The zero-order valence-electron chi connectivity index (χ0n) is 9.83. The summed E-state index contributed by atoms with van der Waals surface area (Å²) in [6.07, 6.45) is 0. The maximum Gasteiger partial charge on any atom is 0.0736 e. The Labute approximate surface area is 64.9 Å². The lowest BCUT2D eigenvalue weighted by atomic mass is 10.4. The smallest absolute Gasteiger partial charge is 0.0736 e. The lowest BCUT2D eigenvalue weighted by Crippen LogP contribution is -1.68. The van der Waals surface area contributed by atoms with Crippen LogP contribution in [-0.4, -0.2) is 10.2 Å². The molecule has 0 unspecified atom stereocenters. The predicted molar refractivity (Wildman–Crippen MR) is 35.8 cm³/mol. The Bertz CT molecular complexity index is 305. The maximum atomic E-state index is 7.08. The predicted octanol–water partition coefficient (Wildman–Crippen LogP) is 1.79. The van der Waals surface area contributed by atoms with Gasteiger partial charge in [-0.3, -0.25) is 5.10 Å². The maximum absolute atomic E-state index is 7.08. The lowest BCUT2D eigenvalue weighted by Gasteiger charge is -1.81. The van der Waals surface area contributed by atoms with Crippen LogP contribution in [0.2, 0.25) is 0 Å². The van der Waals surface area contributed by atoms with Gasteiger partial charge in [-0.15, -0.1) is 0 Å². The van der Waals surface area contributed by atoms with E-state index in [0.29, 0.717) is 0 Å². The number of nitrogens with one attached hydrogen (secondary N) is 1. The Kier molecular flexibility index (Phi) is 0.435. The van der Waals surface area contributed by atoms with Gasteiger partial charge >= 0.3 is 0 Å². The molecule has 1 rings (SSSR count). The summed E-state index contributed by atoms with van der Waals surface area (Å²) in [6.45, 7) is -4.81. The van der Waals surface area contributed by atoms with Crippen LogP contribution in [0.1, 0.15) is 19.6 Å². The Hall–Kier alpha value is -0.310. The van der Waals surface area contributed by atoms with Gasteiger partial charge in [0.15, 0.2) is 0 Å². The van der Waals surface area contributed by atoms with Gasteiger partial charge < -0.3 is 0 Å². The largest absolute Gasteiger partial charge is 0.281 e. The summed E-state index contributed by atoms with van der Waals surface area (Å²) in [7, 11) is 0. The quantitative estimate of drug-likeness (QED) is 0.649. The average molecular weight is 181 g/mol. The van der Waals surface area contributed by atoms with Crippen molar-refractivity contribution in [2.45, 2.75) is 13.7 Å². The van der Waals surface area contributed by atoms with Crippen molar-refractivity contribution in [1.82, 2.24) is 10.2 Å². The molecule has 0 saturated carbocycles. The van der Waals surface area contributed by atoms with Gasteiger partial charge in [-0.05, 0) is 29.6 Å². The summed E-state index contributed by atoms with van der Waals surface area (Å²) in [6, 6.07) is 0. The molecular formula is C5H7BrN2. The third-order valence-electron chi connectivity index (χ3n) is 0.707. The van der Waals surface area contributed by atoms with E-state index in [1.165, 1.54) is 0 Å². The third-order valence-corrected chi connectivity index (χ3v) is 1.48.